The zero-order valence-electron chi connectivity index (χ0n) is 18.9. The second-order valence-corrected chi connectivity index (χ2v) is 9.00. The summed E-state index contributed by atoms with van der Waals surface area (Å²) >= 11 is 1.30. The van der Waals surface area contributed by atoms with Crippen molar-refractivity contribution in [3.05, 3.63) is 96.4 Å². The molecule has 0 aliphatic rings. The quantitative estimate of drug-likeness (QED) is 0.289. The molecule has 0 spiro atoms. The van der Waals surface area contributed by atoms with Gasteiger partial charge in [0.15, 0.2) is 11.0 Å². The molecule has 0 saturated carbocycles. The average molecular weight is 485 g/mol. The summed E-state index contributed by atoms with van der Waals surface area (Å²) in [5, 5.41) is 24.9. The van der Waals surface area contributed by atoms with Crippen LogP contribution in [0.5, 0.6) is 5.75 Å². The number of fused-ring (bicyclic) bond motifs is 1. The Balaban J connectivity index is 1.34. The van der Waals surface area contributed by atoms with Gasteiger partial charge in [-0.2, -0.15) is 0 Å². The third-order valence-corrected chi connectivity index (χ3v) is 6.59. The summed E-state index contributed by atoms with van der Waals surface area (Å²) in [4.78, 5) is 12.5. The predicted octanol–water partition coefficient (Wildman–Crippen LogP) is 4.90. The lowest BCUT2D eigenvalue weighted by atomic mass is 10.1. The number of benzene rings is 3. The molecule has 0 bridgehead atoms. The summed E-state index contributed by atoms with van der Waals surface area (Å²) in [6.45, 7) is 0.943. The van der Waals surface area contributed by atoms with Crippen molar-refractivity contribution < 1.29 is 14.3 Å². The van der Waals surface area contributed by atoms with Crippen molar-refractivity contribution in [2.75, 3.05) is 12.3 Å². The van der Waals surface area contributed by atoms with Crippen molar-refractivity contribution in [2.24, 2.45) is 0 Å². The zero-order valence-corrected chi connectivity index (χ0v) is 19.7. The minimum Gasteiger partial charge on any atom is -0.507 e. The van der Waals surface area contributed by atoms with Crippen LogP contribution < -0.4 is 5.32 Å². The second kappa shape index (κ2) is 10.5. The summed E-state index contributed by atoms with van der Waals surface area (Å²) in [6, 6.07) is 25.2. The summed E-state index contributed by atoms with van der Waals surface area (Å²) in [7, 11) is 0. The van der Waals surface area contributed by atoms with Gasteiger partial charge in [-0.3, -0.25) is 9.36 Å². The van der Waals surface area contributed by atoms with Crippen LogP contribution in [0.15, 0.2) is 94.7 Å². The number of nitrogens with one attached hydrogen (secondary N) is 1. The Labute approximate surface area is 206 Å². The third-order valence-electron chi connectivity index (χ3n) is 5.63. The van der Waals surface area contributed by atoms with E-state index >= 15 is 0 Å². The molecule has 0 saturated heterocycles. The topological polar surface area (TPSA) is 93.2 Å². The first-order chi connectivity index (χ1) is 17.2. The Hall–Kier alpha value is -4.04. The molecule has 8 heteroatoms. The highest BCUT2D eigenvalue weighted by Crippen LogP contribution is 2.34. The number of phenols is 1. The molecule has 2 heterocycles. The van der Waals surface area contributed by atoms with Gasteiger partial charge in [-0.1, -0.05) is 66.4 Å². The fraction of sp³-hybridized carbons (Fsp3) is 0.148. The number of thioether (sulfide) groups is 1. The predicted molar refractivity (Wildman–Crippen MR) is 136 cm³/mol. The Morgan fingerprint density at radius 1 is 0.971 bits per heavy atom. The van der Waals surface area contributed by atoms with Crippen LogP contribution in [0.3, 0.4) is 0 Å². The molecule has 0 aliphatic heterocycles. The molecule has 0 fully saturated rings. The Morgan fingerprint density at radius 3 is 2.51 bits per heavy atom. The fourth-order valence-electron chi connectivity index (χ4n) is 3.88. The molecule has 0 radical (unpaired) electrons. The first-order valence-corrected chi connectivity index (χ1v) is 12.3. The van der Waals surface area contributed by atoms with Crippen LogP contribution in [-0.2, 0) is 17.8 Å². The highest BCUT2D eigenvalue weighted by Gasteiger charge is 2.20. The van der Waals surface area contributed by atoms with E-state index in [9.17, 15) is 9.90 Å². The first kappa shape index (κ1) is 22.7. The van der Waals surface area contributed by atoms with E-state index in [1.165, 1.54) is 17.3 Å². The summed E-state index contributed by atoms with van der Waals surface area (Å²) in [5.41, 5.74) is 1.75. The van der Waals surface area contributed by atoms with E-state index in [4.69, 9.17) is 4.42 Å². The van der Waals surface area contributed by atoms with Gasteiger partial charge in [-0.15, -0.1) is 10.2 Å². The Bertz CT molecular complexity index is 1430. The van der Waals surface area contributed by atoms with Crippen LogP contribution in [0.1, 0.15) is 11.3 Å². The van der Waals surface area contributed by atoms with Gasteiger partial charge in [0.05, 0.1) is 24.1 Å². The van der Waals surface area contributed by atoms with Crippen LogP contribution in [0.2, 0.25) is 0 Å². The Morgan fingerprint density at radius 2 is 1.74 bits per heavy atom. The average Bonchev–Trinajstić information content (AvgIpc) is 3.53. The molecule has 35 heavy (non-hydrogen) atoms. The SMILES string of the molecule is O=C(CSc1nnc(-c2cc3ccccc3cc2O)n1Cc1ccco1)NCCc1ccccc1. The van der Waals surface area contributed by atoms with Gasteiger partial charge in [0.2, 0.25) is 5.91 Å². The number of carbonyl (C=O) groups is 1. The van der Waals surface area contributed by atoms with Crippen LogP contribution in [0.4, 0.5) is 0 Å². The molecule has 7 nitrogen and oxygen atoms in total. The molecule has 0 unspecified atom stereocenters. The number of nitrogens with zero attached hydrogens (tertiary/aromatic N) is 3. The number of hydrogen-bond acceptors (Lipinski definition) is 6. The lowest BCUT2D eigenvalue weighted by molar-refractivity contribution is -0.118. The van der Waals surface area contributed by atoms with Gasteiger partial charge in [-0.05, 0) is 47.0 Å². The maximum atomic E-state index is 12.5. The summed E-state index contributed by atoms with van der Waals surface area (Å²) in [6.07, 6.45) is 2.39. The lowest BCUT2D eigenvalue weighted by Gasteiger charge is -2.11. The molecule has 2 aromatic heterocycles. The third kappa shape index (κ3) is 5.38. The molecule has 5 aromatic rings. The maximum absolute atomic E-state index is 12.5. The first-order valence-electron chi connectivity index (χ1n) is 11.3. The molecular weight excluding hydrogens is 460 g/mol. The molecular formula is C27H24N4O3S. The molecule has 1 amide bonds. The van der Waals surface area contributed by atoms with E-state index in [0.29, 0.717) is 29.6 Å². The van der Waals surface area contributed by atoms with Crippen molar-refractivity contribution in [1.82, 2.24) is 20.1 Å². The monoisotopic (exact) mass is 484 g/mol. The molecule has 3 aromatic carbocycles. The van der Waals surface area contributed by atoms with Crippen molar-refractivity contribution in [1.29, 1.82) is 0 Å². The van der Waals surface area contributed by atoms with Gasteiger partial charge in [0.1, 0.15) is 11.5 Å². The highest BCUT2D eigenvalue weighted by atomic mass is 32.2. The van der Waals surface area contributed by atoms with Crippen LogP contribution >= 0.6 is 11.8 Å². The fourth-order valence-corrected chi connectivity index (χ4v) is 4.64. The molecule has 2 N–H and O–H groups in total. The van der Waals surface area contributed by atoms with Gasteiger partial charge >= 0.3 is 0 Å². The van der Waals surface area contributed by atoms with E-state index in [2.05, 4.69) is 15.5 Å². The van der Waals surface area contributed by atoms with Gasteiger partial charge in [0, 0.05) is 6.54 Å². The lowest BCUT2D eigenvalue weighted by Crippen LogP contribution is -2.27. The molecule has 0 aliphatic carbocycles. The Kier molecular flexibility index (Phi) is 6.81. The molecule has 176 valence electrons. The standard InChI is InChI=1S/C27H24N4O3S/c32-24-16-21-10-5-4-9-20(21)15-23(24)26-29-30-27(31(26)17-22-11-6-14-34-22)35-18-25(33)28-13-12-19-7-2-1-3-8-19/h1-11,14-16,32H,12-13,17-18H2,(H,28,33). The van der Waals surface area contributed by atoms with Gasteiger partial charge in [0.25, 0.3) is 0 Å². The van der Waals surface area contributed by atoms with Crippen LogP contribution in [0, 0.1) is 0 Å². The van der Waals surface area contributed by atoms with Crippen molar-refractivity contribution in [2.45, 2.75) is 18.1 Å². The minimum absolute atomic E-state index is 0.0754. The maximum Gasteiger partial charge on any atom is 0.230 e. The summed E-state index contributed by atoms with van der Waals surface area (Å²) in [5.74, 6) is 1.48. The number of rotatable bonds is 9. The largest absolute Gasteiger partial charge is 0.507 e. The van der Waals surface area contributed by atoms with E-state index in [-0.39, 0.29) is 17.4 Å². The van der Waals surface area contributed by atoms with Crippen molar-refractivity contribution >= 4 is 28.4 Å². The van der Waals surface area contributed by atoms with E-state index in [1.54, 1.807) is 12.3 Å². The number of phenolic OH excluding ortho intramolecular Hbond substituents is 1. The van der Waals surface area contributed by atoms with Crippen molar-refractivity contribution in [3.63, 3.8) is 0 Å². The smallest absolute Gasteiger partial charge is 0.230 e. The normalized spacial score (nSPS) is 11.1. The number of aromatic nitrogens is 3. The van der Waals surface area contributed by atoms with Gasteiger partial charge in [-0.25, -0.2) is 0 Å². The van der Waals surface area contributed by atoms with E-state index in [1.807, 2.05) is 77.4 Å². The number of carbonyl (C=O) groups excluding carboxylic acids is 1. The number of amides is 1. The minimum atomic E-state index is -0.0754. The highest BCUT2D eigenvalue weighted by molar-refractivity contribution is 7.99. The molecule has 5 rings (SSSR count). The van der Waals surface area contributed by atoms with E-state index < -0.39 is 0 Å². The molecule has 0 atom stereocenters. The van der Waals surface area contributed by atoms with Crippen LogP contribution in [-0.4, -0.2) is 38.1 Å². The number of furan rings is 1. The zero-order chi connectivity index (χ0) is 24.0. The number of aromatic hydroxyl groups is 1. The second-order valence-electron chi connectivity index (χ2n) is 8.06. The van der Waals surface area contributed by atoms with Crippen molar-refractivity contribution in [3.8, 4) is 17.1 Å². The van der Waals surface area contributed by atoms with Gasteiger partial charge < -0.3 is 14.8 Å². The summed E-state index contributed by atoms with van der Waals surface area (Å²) < 4.78 is 7.41. The van der Waals surface area contributed by atoms with E-state index in [0.717, 1.165) is 23.0 Å². The number of hydrogen-bond donors (Lipinski definition) is 2. The van der Waals surface area contributed by atoms with Crippen LogP contribution in [0.25, 0.3) is 22.2 Å².